The molecule has 4 fully saturated rings. The number of fused-ring (bicyclic) bond motifs is 10. The lowest BCUT2D eigenvalue weighted by Crippen LogP contribution is -2.68. The Morgan fingerprint density at radius 2 is 1.79 bits per heavy atom. The Balaban J connectivity index is 1.54. The van der Waals surface area contributed by atoms with Gasteiger partial charge in [-0.2, -0.15) is 0 Å². The highest BCUT2D eigenvalue weighted by Crippen LogP contribution is 2.76. The van der Waals surface area contributed by atoms with Gasteiger partial charge in [0.25, 0.3) is 0 Å². The maximum atomic E-state index is 13.7. The van der Waals surface area contributed by atoms with Crippen molar-refractivity contribution in [2.45, 2.75) is 35.8 Å². The highest BCUT2D eigenvalue weighted by atomic mass is 79.9. The van der Waals surface area contributed by atoms with Crippen LogP contribution in [0.5, 0.6) is 0 Å². The number of benzene rings is 1. The molecule has 2 saturated carbocycles. The lowest BCUT2D eigenvalue weighted by atomic mass is 9.72. The summed E-state index contributed by atoms with van der Waals surface area (Å²) in [5, 5.41) is 0. The first-order valence-electron chi connectivity index (χ1n) is 10.2. The molecule has 5 aliphatic rings. The Bertz CT molecular complexity index is 891. The average molecular weight is 465 g/mol. The lowest BCUT2D eigenvalue weighted by molar-refractivity contribution is -0.352. The summed E-state index contributed by atoms with van der Waals surface area (Å²) in [6.07, 6.45) is -0.401. The summed E-state index contributed by atoms with van der Waals surface area (Å²) in [6, 6.07) is 7.72. The fourth-order valence-corrected chi connectivity index (χ4v) is 7.54. The Kier molecular flexibility index (Phi) is 3.71. The smallest absolute Gasteiger partial charge is 0.215 e. The van der Waals surface area contributed by atoms with Gasteiger partial charge < -0.3 is 23.7 Å². The first-order valence-corrected chi connectivity index (χ1v) is 11.0. The summed E-state index contributed by atoms with van der Waals surface area (Å²) in [4.78, 5) is 13.7. The fourth-order valence-electron chi connectivity index (χ4n) is 6.20. The predicted octanol–water partition coefficient (Wildman–Crippen LogP) is 2.88. The molecule has 1 spiro atoms. The third-order valence-corrected chi connectivity index (χ3v) is 8.92. The molecule has 1 unspecified atom stereocenters. The number of alkyl halides is 1. The molecule has 7 heteroatoms. The summed E-state index contributed by atoms with van der Waals surface area (Å²) in [5.41, 5.74) is 1.54. The van der Waals surface area contributed by atoms with Gasteiger partial charge in [-0.15, -0.1) is 0 Å². The molecular weight excluding hydrogens is 440 g/mol. The largest absolute Gasteiger partial charge is 0.370 e. The second-order valence-electron chi connectivity index (χ2n) is 9.63. The van der Waals surface area contributed by atoms with Crippen molar-refractivity contribution < 1.29 is 28.5 Å². The average Bonchev–Trinajstić information content (AvgIpc) is 3.29. The summed E-state index contributed by atoms with van der Waals surface area (Å²) in [6.45, 7) is 6.28. The molecule has 3 aliphatic carbocycles. The zero-order valence-electron chi connectivity index (χ0n) is 16.8. The van der Waals surface area contributed by atoms with Gasteiger partial charge in [-0.25, -0.2) is 0 Å². The van der Waals surface area contributed by atoms with Crippen LogP contribution in [0.1, 0.15) is 29.8 Å². The molecule has 2 aliphatic heterocycles. The van der Waals surface area contributed by atoms with Crippen molar-refractivity contribution >= 4 is 21.7 Å². The zero-order valence-corrected chi connectivity index (χ0v) is 18.4. The van der Waals surface area contributed by atoms with E-state index in [1.54, 1.807) is 7.11 Å². The van der Waals surface area contributed by atoms with Crippen molar-refractivity contribution in [3.8, 4) is 0 Å². The van der Waals surface area contributed by atoms with E-state index < -0.39 is 27.9 Å². The van der Waals surface area contributed by atoms with Crippen molar-refractivity contribution in [2.75, 3.05) is 33.5 Å². The molecule has 0 bridgehead atoms. The minimum absolute atomic E-state index is 0.0621. The predicted molar refractivity (Wildman–Crippen MR) is 106 cm³/mol. The lowest BCUT2D eigenvalue weighted by Gasteiger charge is -2.54. The van der Waals surface area contributed by atoms with Gasteiger partial charge >= 0.3 is 0 Å². The number of rotatable bonds is 1. The Hall–Kier alpha value is -0.830. The molecule has 156 valence electrons. The van der Waals surface area contributed by atoms with E-state index in [2.05, 4.69) is 29.8 Å². The van der Waals surface area contributed by atoms with Crippen molar-refractivity contribution in [1.29, 1.82) is 0 Å². The molecule has 0 amide bonds. The molecule has 0 aromatic heterocycles. The van der Waals surface area contributed by atoms with Gasteiger partial charge in [0.2, 0.25) is 5.79 Å². The normalized spacial score (nSPS) is 45.9. The van der Waals surface area contributed by atoms with E-state index in [1.165, 1.54) is 0 Å². The van der Waals surface area contributed by atoms with Crippen LogP contribution in [-0.2, 0) is 28.0 Å². The van der Waals surface area contributed by atoms with E-state index in [9.17, 15) is 4.79 Å². The number of hydrogen-bond donors (Lipinski definition) is 0. The molecule has 29 heavy (non-hydrogen) atoms. The molecule has 2 heterocycles. The van der Waals surface area contributed by atoms with E-state index in [0.29, 0.717) is 32.0 Å². The minimum Gasteiger partial charge on any atom is -0.370 e. The third kappa shape index (κ3) is 2.03. The molecule has 1 aromatic carbocycles. The summed E-state index contributed by atoms with van der Waals surface area (Å²) >= 11 is 4.00. The van der Waals surface area contributed by atoms with Gasteiger partial charge in [0, 0.05) is 24.0 Å². The van der Waals surface area contributed by atoms with Gasteiger partial charge in [0.15, 0.2) is 11.6 Å². The standard InChI is InChI=1S/C22H25BrO6/c1-19(2)10-28-21(29-11-19)14-15-17(24)12-6-4-5-7-13(12)20(15,23)22(25-3)18(16(14)21)26-8-9-27-22/h4-7,14-16,18H,8-11H2,1-3H3/t14-,15+,16-,18+,20?,22-/m1/s1. The van der Waals surface area contributed by atoms with Gasteiger partial charge in [-0.1, -0.05) is 54.0 Å². The monoisotopic (exact) mass is 464 g/mol. The van der Waals surface area contributed by atoms with Crippen LogP contribution in [0.4, 0.5) is 0 Å². The van der Waals surface area contributed by atoms with Crippen LogP contribution in [-0.4, -0.2) is 57.0 Å². The number of ether oxygens (including phenoxy) is 5. The van der Waals surface area contributed by atoms with Crippen LogP contribution in [0.3, 0.4) is 0 Å². The number of Topliss-reactive ketones (excluding diaryl/α,β-unsaturated/α-hetero) is 1. The topological polar surface area (TPSA) is 63.2 Å². The molecule has 6 atom stereocenters. The minimum atomic E-state index is -1.14. The molecule has 0 N–H and O–H groups in total. The Morgan fingerprint density at radius 3 is 2.52 bits per heavy atom. The number of halogens is 1. The number of carbonyl (C=O) groups is 1. The molecule has 2 saturated heterocycles. The fraction of sp³-hybridized carbons (Fsp3) is 0.682. The van der Waals surface area contributed by atoms with Crippen molar-refractivity contribution in [1.82, 2.24) is 0 Å². The quantitative estimate of drug-likeness (QED) is 0.595. The van der Waals surface area contributed by atoms with Crippen LogP contribution >= 0.6 is 15.9 Å². The van der Waals surface area contributed by atoms with Gasteiger partial charge in [0.1, 0.15) is 10.4 Å². The Labute approximate surface area is 178 Å². The van der Waals surface area contributed by atoms with Crippen LogP contribution in [0.15, 0.2) is 24.3 Å². The molecule has 1 aromatic rings. The molecular formula is C22H25BrO6. The van der Waals surface area contributed by atoms with E-state index in [-0.39, 0.29) is 23.0 Å². The van der Waals surface area contributed by atoms with Gasteiger partial charge in [0.05, 0.1) is 38.3 Å². The van der Waals surface area contributed by atoms with E-state index >= 15 is 0 Å². The first kappa shape index (κ1) is 18.9. The van der Waals surface area contributed by atoms with Crippen LogP contribution in [0.25, 0.3) is 0 Å². The van der Waals surface area contributed by atoms with Crippen molar-refractivity contribution in [2.24, 2.45) is 23.2 Å². The van der Waals surface area contributed by atoms with Gasteiger partial charge in [-0.05, 0) is 5.56 Å². The number of methoxy groups -OCH3 is 1. The summed E-state index contributed by atoms with van der Waals surface area (Å²) in [7, 11) is 1.63. The maximum Gasteiger partial charge on any atom is 0.215 e. The third-order valence-electron chi connectivity index (χ3n) is 7.45. The second kappa shape index (κ2) is 5.69. The highest BCUT2D eigenvalue weighted by molar-refractivity contribution is 9.09. The van der Waals surface area contributed by atoms with Crippen molar-refractivity contribution in [3.05, 3.63) is 35.4 Å². The zero-order chi connectivity index (χ0) is 20.2. The van der Waals surface area contributed by atoms with E-state index in [0.717, 1.165) is 5.56 Å². The maximum absolute atomic E-state index is 13.7. The Morgan fingerprint density at radius 1 is 1.07 bits per heavy atom. The molecule has 6 nitrogen and oxygen atoms in total. The summed E-state index contributed by atoms with van der Waals surface area (Å²) < 4.78 is 30.7. The van der Waals surface area contributed by atoms with E-state index in [1.807, 2.05) is 24.3 Å². The van der Waals surface area contributed by atoms with Crippen LogP contribution in [0, 0.1) is 23.2 Å². The van der Waals surface area contributed by atoms with E-state index in [4.69, 9.17) is 23.7 Å². The highest BCUT2D eigenvalue weighted by Gasteiger charge is 2.88. The van der Waals surface area contributed by atoms with Crippen molar-refractivity contribution in [3.63, 3.8) is 0 Å². The van der Waals surface area contributed by atoms with Crippen LogP contribution < -0.4 is 0 Å². The molecule has 6 rings (SSSR count). The summed E-state index contributed by atoms with van der Waals surface area (Å²) in [5.74, 6) is -2.53. The SMILES string of the molecule is CO[C@@]12OCCO[C@H]1[C@H]1[C@@H]([C@H]3C(=O)c4ccccc4C32Br)C12OCC(C)(C)CO2. The second-order valence-corrected chi connectivity index (χ2v) is 10.9. The molecule has 0 radical (unpaired) electrons. The number of hydrogen-bond acceptors (Lipinski definition) is 6. The first-order chi connectivity index (χ1) is 13.8. The van der Waals surface area contributed by atoms with Gasteiger partial charge in [-0.3, -0.25) is 4.79 Å². The number of ketones is 1. The van der Waals surface area contributed by atoms with Crippen LogP contribution in [0.2, 0.25) is 0 Å². The number of carbonyl (C=O) groups excluding carboxylic acids is 1.